The molecule has 11 heavy (non-hydrogen) atoms. The first-order valence-corrected chi connectivity index (χ1v) is 6.43. The van der Waals surface area contributed by atoms with Gasteiger partial charge in [0.15, 0.2) is 0 Å². The smallest absolute Gasteiger partial charge is 0.0188 e. The average molecular weight is 343 g/mol. The molecule has 0 N–H and O–H groups in total. The minimum Gasteiger partial charge on any atom is -0.161 e. The molecule has 0 aromatic heterocycles. The van der Waals surface area contributed by atoms with Crippen molar-refractivity contribution in [1.82, 2.24) is 0 Å². The molecule has 0 amide bonds. The van der Waals surface area contributed by atoms with Crippen LogP contribution in [0.25, 0.3) is 0 Å². The second kappa shape index (κ2) is 4.72. The summed E-state index contributed by atoms with van der Waals surface area (Å²) in [5, 5.41) is 0. The van der Waals surface area contributed by atoms with Crippen LogP contribution in [0.3, 0.4) is 0 Å². The maximum Gasteiger partial charge on any atom is 0.0188 e. The van der Waals surface area contributed by atoms with Crippen LogP contribution in [0.15, 0.2) is 22.7 Å². The van der Waals surface area contributed by atoms with Gasteiger partial charge in [0.2, 0.25) is 0 Å². The summed E-state index contributed by atoms with van der Waals surface area (Å²) in [6.45, 7) is 0. The second-order valence-electron chi connectivity index (χ2n) is 2.21. The standard InChI is InChI=1S/C8H8BrIS/c1-11-5-6-2-7(9)4-8(10)3-6/h2-4H,5H2,1H3. The Labute approximate surface area is 93.4 Å². The van der Waals surface area contributed by atoms with E-state index in [0.29, 0.717) is 0 Å². The summed E-state index contributed by atoms with van der Waals surface area (Å²) in [5.74, 6) is 1.09. The first-order valence-electron chi connectivity index (χ1n) is 3.16. The summed E-state index contributed by atoms with van der Waals surface area (Å²) in [7, 11) is 0. The predicted molar refractivity (Wildman–Crippen MR) is 64.1 cm³/mol. The lowest BCUT2D eigenvalue weighted by atomic mass is 10.2. The number of benzene rings is 1. The van der Waals surface area contributed by atoms with Gasteiger partial charge in [-0.15, -0.1) is 0 Å². The lowest BCUT2D eigenvalue weighted by Crippen LogP contribution is -1.81. The van der Waals surface area contributed by atoms with Crippen molar-refractivity contribution in [3.05, 3.63) is 31.8 Å². The zero-order valence-electron chi connectivity index (χ0n) is 6.10. The zero-order chi connectivity index (χ0) is 8.27. The van der Waals surface area contributed by atoms with Crippen molar-refractivity contribution in [1.29, 1.82) is 0 Å². The highest BCUT2D eigenvalue weighted by Gasteiger charge is 1.95. The van der Waals surface area contributed by atoms with Crippen molar-refractivity contribution in [2.45, 2.75) is 5.75 Å². The third kappa shape index (κ3) is 3.34. The van der Waals surface area contributed by atoms with E-state index in [1.807, 2.05) is 11.8 Å². The second-order valence-corrected chi connectivity index (χ2v) is 5.24. The Morgan fingerprint density at radius 1 is 1.45 bits per heavy atom. The van der Waals surface area contributed by atoms with Crippen LogP contribution in [0, 0.1) is 3.57 Å². The molecule has 0 heterocycles. The third-order valence-electron chi connectivity index (χ3n) is 1.23. The van der Waals surface area contributed by atoms with Gasteiger partial charge in [-0.25, -0.2) is 0 Å². The number of hydrogen-bond acceptors (Lipinski definition) is 1. The lowest BCUT2D eigenvalue weighted by Gasteiger charge is -2.00. The van der Waals surface area contributed by atoms with Crippen LogP contribution < -0.4 is 0 Å². The van der Waals surface area contributed by atoms with Crippen molar-refractivity contribution in [3.63, 3.8) is 0 Å². The zero-order valence-corrected chi connectivity index (χ0v) is 10.7. The van der Waals surface area contributed by atoms with Gasteiger partial charge in [0, 0.05) is 13.8 Å². The summed E-state index contributed by atoms with van der Waals surface area (Å²) in [6.07, 6.45) is 2.12. The van der Waals surface area contributed by atoms with Gasteiger partial charge in [0.25, 0.3) is 0 Å². The molecule has 0 unspecified atom stereocenters. The lowest BCUT2D eigenvalue weighted by molar-refractivity contribution is 1.38. The molecular formula is C8H8BrIS. The summed E-state index contributed by atoms with van der Waals surface area (Å²) < 4.78 is 2.47. The number of halogens is 2. The van der Waals surface area contributed by atoms with Crippen LogP contribution in [-0.4, -0.2) is 6.26 Å². The number of hydrogen-bond donors (Lipinski definition) is 0. The summed E-state index contributed by atoms with van der Waals surface area (Å²) in [6, 6.07) is 6.49. The highest BCUT2D eigenvalue weighted by Crippen LogP contribution is 2.19. The first-order chi connectivity index (χ1) is 5.22. The van der Waals surface area contributed by atoms with Crippen LogP contribution in [0.4, 0.5) is 0 Å². The summed E-state index contributed by atoms with van der Waals surface area (Å²) in [5.41, 5.74) is 1.39. The van der Waals surface area contributed by atoms with Crippen molar-refractivity contribution in [2.75, 3.05) is 6.26 Å². The SMILES string of the molecule is CSCc1cc(Br)cc(I)c1. The quantitative estimate of drug-likeness (QED) is 0.734. The van der Waals surface area contributed by atoms with Gasteiger partial charge in [-0.3, -0.25) is 0 Å². The molecule has 0 aliphatic rings. The topological polar surface area (TPSA) is 0 Å². The minimum atomic E-state index is 1.09. The largest absolute Gasteiger partial charge is 0.161 e. The van der Waals surface area contributed by atoms with E-state index in [2.05, 4.69) is 63.0 Å². The highest BCUT2D eigenvalue weighted by molar-refractivity contribution is 14.1. The molecule has 60 valence electrons. The molecule has 0 spiro atoms. The molecule has 0 aliphatic carbocycles. The Hall–Kier alpha value is 0.780. The van der Waals surface area contributed by atoms with Crippen LogP contribution in [0.5, 0.6) is 0 Å². The molecule has 1 aromatic carbocycles. The first kappa shape index (κ1) is 9.86. The van der Waals surface area contributed by atoms with Gasteiger partial charge in [-0.2, -0.15) is 11.8 Å². The highest BCUT2D eigenvalue weighted by atomic mass is 127. The number of rotatable bonds is 2. The molecule has 0 aliphatic heterocycles. The molecule has 0 nitrogen and oxygen atoms in total. The van der Waals surface area contributed by atoms with Gasteiger partial charge in [-0.05, 0) is 52.6 Å². The monoisotopic (exact) mass is 342 g/mol. The van der Waals surface area contributed by atoms with E-state index >= 15 is 0 Å². The van der Waals surface area contributed by atoms with Crippen LogP contribution in [-0.2, 0) is 5.75 Å². The average Bonchev–Trinajstić information content (AvgIpc) is 1.85. The minimum absolute atomic E-state index is 1.09. The van der Waals surface area contributed by atoms with Gasteiger partial charge in [0.05, 0.1) is 0 Å². The molecule has 0 atom stereocenters. The van der Waals surface area contributed by atoms with E-state index in [1.165, 1.54) is 13.6 Å². The van der Waals surface area contributed by atoms with Crippen molar-refractivity contribution < 1.29 is 0 Å². The molecule has 0 saturated heterocycles. The van der Waals surface area contributed by atoms with Gasteiger partial charge < -0.3 is 0 Å². The van der Waals surface area contributed by atoms with Crippen molar-refractivity contribution >= 4 is 50.3 Å². The summed E-state index contributed by atoms with van der Waals surface area (Å²) in [4.78, 5) is 0. The van der Waals surface area contributed by atoms with Crippen molar-refractivity contribution in [3.8, 4) is 0 Å². The van der Waals surface area contributed by atoms with E-state index in [0.717, 1.165) is 5.75 Å². The number of thioether (sulfide) groups is 1. The Kier molecular flexibility index (Phi) is 4.23. The molecule has 1 rings (SSSR count). The molecule has 1 aromatic rings. The Morgan fingerprint density at radius 2 is 2.18 bits per heavy atom. The van der Waals surface area contributed by atoms with E-state index in [1.54, 1.807) is 0 Å². The maximum absolute atomic E-state index is 3.47. The van der Waals surface area contributed by atoms with E-state index in [4.69, 9.17) is 0 Å². The van der Waals surface area contributed by atoms with Crippen molar-refractivity contribution in [2.24, 2.45) is 0 Å². The Morgan fingerprint density at radius 3 is 2.73 bits per heavy atom. The van der Waals surface area contributed by atoms with Gasteiger partial charge >= 0.3 is 0 Å². The third-order valence-corrected chi connectivity index (χ3v) is 2.94. The van der Waals surface area contributed by atoms with Gasteiger partial charge in [-0.1, -0.05) is 15.9 Å². The fourth-order valence-electron chi connectivity index (χ4n) is 0.861. The van der Waals surface area contributed by atoms with E-state index < -0.39 is 0 Å². The van der Waals surface area contributed by atoms with E-state index in [9.17, 15) is 0 Å². The van der Waals surface area contributed by atoms with Gasteiger partial charge in [0.1, 0.15) is 0 Å². The molecular weight excluding hydrogens is 335 g/mol. The Bertz CT molecular complexity index is 230. The Balaban J connectivity index is 2.89. The van der Waals surface area contributed by atoms with Crippen LogP contribution in [0.2, 0.25) is 0 Å². The predicted octanol–water partition coefficient (Wildman–Crippen LogP) is 3.92. The maximum atomic E-state index is 3.47. The molecule has 3 heteroatoms. The summed E-state index contributed by atoms with van der Waals surface area (Å²) >= 11 is 7.65. The molecule has 0 bridgehead atoms. The van der Waals surface area contributed by atoms with Crippen LogP contribution in [0.1, 0.15) is 5.56 Å². The fourth-order valence-corrected chi connectivity index (χ4v) is 3.07. The normalized spacial score (nSPS) is 10.1. The molecule has 0 saturated carbocycles. The molecule has 0 fully saturated rings. The van der Waals surface area contributed by atoms with E-state index in [-0.39, 0.29) is 0 Å². The molecule has 0 radical (unpaired) electrons. The van der Waals surface area contributed by atoms with Crippen LogP contribution >= 0.6 is 50.3 Å². The fraction of sp³-hybridized carbons (Fsp3) is 0.250.